The van der Waals surface area contributed by atoms with Crippen LogP contribution in [0.1, 0.15) is 48.6 Å². The van der Waals surface area contributed by atoms with Crippen molar-refractivity contribution in [1.29, 1.82) is 0 Å². The molecule has 0 aliphatic rings. The lowest BCUT2D eigenvalue weighted by Gasteiger charge is -2.30. The van der Waals surface area contributed by atoms with E-state index >= 15 is 0 Å². The van der Waals surface area contributed by atoms with E-state index in [4.69, 9.17) is 0 Å². The maximum absolute atomic E-state index is 13.2. The zero-order valence-corrected chi connectivity index (χ0v) is 17.9. The van der Waals surface area contributed by atoms with Crippen LogP contribution in [0, 0.1) is 20.8 Å². The third-order valence-electron chi connectivity index (χ3n) is 4.84. The molecule has 2 aromatic rings. The minimum Gasteiger partial charge on any atom is -0.352 e. The van der Waals surface area contributed by atoms with Crippen LogP contribution < -0.4 is 5.32 Å². The quantitative estimate of drug-likeness (QED) is 0.786. The van der Waals surface area contributed by atoms with Crippen molar-refractivity contribution in [2.75, 3.05) is 0 Å². The Balaban J connectivity index is 2.29. The largest absolute Gasteiger partial charge is 0.352 e. The van der Waals surface area contributed by atoms with Crippen LogP contribution in [0.5, 0.6) is 0 Å². The van der Waals surface area contributed by atoms with E-state index in [1.165, 1.54) is 0 Å². The molecule has 150 valence electrons. The van der Waals surface area contributed by atoms with Crippen LogP contribution in [0.15, 0.2) is 42.5 Å². The van der Waals surface area contributed by atoms with Crippen molar-refractivity contribution in [2.24, 2.45) is 0 Å². The standard InChI is InChI=1S/C24H32N2O2/c1-16(2)25-24(28)20(6)26(15-22-10-8-7-9-19(22)5)23(27)14-21-12-17(3)11-18(4)13-21/h7-13,16,20H,14-15H2,1-6H3,(H,25,28). The second kappa shape index (κ2) is 9.54. The number of benzene rings is 2. The summed E-state index contributed by atoms with van der Waals surface area (Å²) in [7, 11) is 0. The highest BCUT2D eigenvalue weighted by Gasteiger charge is 2.27. The van der Waals surface area contributed by atoms with Gasteiger partial charge in [0.15, 0.2) is 0 Å². The first-order chi connectivity index (χ1) is 13.2. The third-order valence-corrected chi connectivity index (χ3v) is 4.84. The van der Waals surface area contributed by atoms with Crippen molar-refractivity contribution in [3.05, 3.63) is 70.3 Å². The number of nitrogens with one attached hydrogen (secondary N) is 1. The topological polar surface area (TPSA) is 49.4 Å². The van der Waals surface area contributed by atoms with Gasteiger partial charge in [-0.25, -0.2) is 0 Å². The summed E-state index contributed by atoms with van der Waals surface area (Å²) in [5, 5.41) is 2.93. The zero-order valence-electron chi connectivity index (χ0n) is 17.9. The number of rotatable bonds is 7. The summed E-state index contributed by atoms with van der Waals surface area (Å²) in [5.41, 5.74) is 5.43. The SMILES string of the molecule is Cc1cc(C)cc(CC(=O)N(Cc2ccccc2C)C(C)C(=O)NC(C)C)c1. The van der Waals surface area contributed by atoms with Crippen LogP contribution in [-0.2, 0) is 22.6 Å². The Kier molecular flexibility index (Phi) is 7.38. The molecule has 0 aliphatic heterocycles. The van der Waals surface area contributed by atoms with Gasteiger partial charge in [0.05, 0.1) is 6.42 Å². The van der Waals surface area contributed by atoms with Gasteiger partial charge in [-0.2, -0.15) is 0 Å². The van der Waals surface area contributed by atoms with Crippen LogP contribution >= 0.6 is 0 Å². The van der Waals surface area contributed by atoms with Crippen molar-refractivity contribution >= 4 is 11.8 Å². The molecule has 0 radical (unpaired) electrons. The van der Waals surface area contributed by atoms with Crippen LogP contribution in [0.25, 0.3) is 0 Å². The molecule has 2 aromatic carbocycles. The Morgan fingerprint density at radius 1 is 0.964 bits per heavy atom. The van der Waals surface area contributed by atoms with E-state index in [1.807, 2.05) is 71.0 Å². The lowest BCUT2D eigenvalue weighted by atomic mass is 10.0. The molecular weight excluding hydrogens is 348 g/mol. The first-order valence-electron chi connectivity index (χ1n) is 9.89. The van der Waals surface area contributed by atoms with Gasteiger partial charge in [0.1, 0.15) is 6.04 Å². The highest BCUT2D eigenvalue weighted by molar-refractivity contribution is 5.88. The first-order valence-corrected chi connectivity index (χ1v) is 9.89. The Hall–Kier alpha value is -2.62. The van der Waals surface area contributed by atoms with E-state index in [0.29, 0.717) is 6.54 Å². The number of hydrogen-bond acceptors (Lipinski definition) is 2. The first kappa shape index (κ1) is 21.7. The fourth-order valence-corrected chi connectivity index (χ4v) is 3.41. The van der Waals surface area contributed by atoms with Gasteiger partial charge in [-0.1, -0.05) is 53.6 Å². The number of hydrogen-bond donors (Lipinski definition) is 1. The van der Waals surface area contributed by atoms with Crippen molar-refractivity contribution in [2.45, 2.75) is 66.6 Å². The summed E-state index contributed by atoms with van der Waals surface area (Å²) in [5.74, 6) is -0.169. The van der Waals surface area contributed by atoms with Crippen molar-refractivity contribution in [1.82, 2.24) is 10.2 Å². The van der Waals surface area contributed by atoms with Gasteiger partial charge >= 0.3 is 0 Å². The van der Waals surface area contributed by atoms with Gasteiger partial charge in [0, 0.05) is 12.6 Å². The maximum Gasteiger partial charge on any atom is 0.242 e. The number of aryl methyl sites for hydroxylation is 3. The van der Waals surface area contributed by atoms with Gasteiger partial charge in [0.2, 0.25) is 11.8 Å². The molecule has 2 amide bonds. The highest BCUT2D eigenvalue weighted by Crippen LogP contribution is 2.16. The average molecular weight is 381 g/mol. The summed E-state index contributed by atoms with van der Waals surface area (Å²) in [4.78, 5) is 27.6. The predicted octanol–water partition coefficient (Wildman–Crippen LogP) is 4.10. The van der Waals surface area contributed by atoms with Gasteiger partial charge in [-0.15, -0.1) is 0 Å². The molecule has 4 heteroatoms. The molecule has 0 aromatic heterocycles. The van der Waals surface area contributed by atoms with E-state index in [1.54, 1.807) is 11.8 Å². The normalized spacial score (nSPS) is 12.0. The second-order valence-corrected chi connectivity index (χ2v) is 7.96. The third kappa shape index (κ3) is 5.95. The van der Waals surface area contributed by atoms with Crippen LogP contribution in [0.3, 0.4) is 0 Å². The monoisotopic (exact) mass is 380 g/mol. The van der Waals surface area contributed by atoms with Crippen molar-refractivity contribution in [3.8, 4) is 0 Å². The van der Waals surface area contributed by atoms with E-state index in [9.17, 15) is 9.59 Å². The lowest BCUT2D eigenvalue weighted by molar-refractivity contribution is -0.140. The fourth-order valence-electron chi connectivity index (χ4n) is 3.41. The summed E-state index contributed by atoms with van der Waals surface area (Å²) >= 11 is 0. The second-order valence-electron chi connectivity index (χ2n) is 7.96. The number of amides is 2. The van der Waals surface area contributed by atoms with E-state index in [0.717, 1.165) is 27.8 Å². The lowest BCUT2D eigenvalue weighted by Crippen LogP contribution is -2.49. The molecule has 0 bridgehead atoms. The minimum atomic E-state index is -0.541. The molecule has 0 aliphatic carbocycles. The van der Waals surface area contributed by atoms with Gasteiger partial charge in [0.25, 0.3) is 0 Å². The molecule has 1 atom stereocenters. The van der Waals surface area contributed by atoms with Crippen LogP contribution in [0.4, 0.5) is 0 Å². The predicted molar refractivity (Wildman–Crippen MR) is 114 cm³/mol. The van der Waals surface area contributed by atoms with Crippen LogP contribution in [-0.4, -0.2) is 28.8 Å². The van der Waals surface area contributed by atoms with Crippen LogP contribution in [0.2, 0.25) is 0 Å². The molecule has 0 saturated heterocycles. The highest BCUT2D eigenvalue weighted by atomic mass is 16.2. The molecule has 28 heavy (non-hydrogen) atoms. The summed E-state index contributed by atoms with van der Waals surface area (Å²) in [6, 6.07) is 13.7. The van der Waals surface area contributed by atoms with E-state index in [-0.39, 0.29) is 24.3 Å². The number of nitrogens with zero attached hydrogens (tertiary/aromatic N) is 1. The number of carbonyl (C=O) groups excluding carboxylic acids is 2. The zero-order chi connectivity index (χ0) is 20.8. The summed E-state index contributed by atoms with van der Waals surface area (Å²) < 4.78 is 0. The summed E-state index contributed by atoms with van der Waals surface area (Å²) in [6.07, 6.45) is 0.285. The molecular formula is C24H32N2O2. The van der Waals surface area contributed by atoms with Gasteiger partial charge in [-0.3, -0.25) is 9.59 Å². The van der Waals surface area contributed by atoms with Crippen molar-refractivity contribution < 1.29 is 9.59 Å². The Bertz CT molecular complexity index is 822. The smallest absolute Gasteiger partial charge is 0.242 e. The van der Waals surface area contributed by atoms with E-state index in [2.05, 4.69) is 11.4 Å². The molecule has 0 saturated carbocycles. The molecule has 0 heterocycles. The fraction of sp³-hybridized carbons (Fsp3) is 0.417. The Morgan fingerprint density at radius 3 is 2.14 bits per heavy atom. The van der Waals surface area contributed by atoms with E-state index < -0.39 is 6.04 Å². The average Bonchev–Trinajstić information content (AvgIpc) is 2.58. The Morgan fingerprint density at radius 2 is 1.57 bits per heavy atom. The molecule has 4 nitrogen and oxygen atoms in total. The molecule has 1 unspecified atom stereocenters. The minimum absolute atomic E-state index is 0.0322. The van der Waals surface area contributed by atoms with Gasteiger partial charge in [-0.05, 0) is 58.2 Å². The summed E-state index contributed by atoms with van der Waals surface area (Å²) in [6.45, 7) is 12.2. The number of carbonyl (C=O) groups is 2. The maximum atomic E-state index is 13.2. The van der Waals surface area contributed by atoms with Crippen molar-refractivity contribution in [3.63, 3.8) is 0 Å². The molecule has 0 fully saturated rings. The molecule has 2 rings (SSSR count). The molecule has 1 N–H and O–H groups in total. The van der Waals surface area contributed by atoms with Gasteiger partial charge < -0.3 is 10.2 Å². The Labute approximate surface area is 169 Å². The molecule has 0 spiro atoms.